The summed E-state index contributed by atoms with van der Waals surface area (Å²) in [4.78, 5) is 0. The molecular weight excluding hydrogens is 238 g/mol. The van der Waals surface area contributed by atoms with E-state index in [1.165, 1.54) is 0 Å². The van der Waals surface area contributed by atoms with E-state index in [0.29, 0.717) is 12.5 Å². The fourth-order valence-corrected chi connectivity index (χ4v) is 2.72. The van der Waals surface area contributed by atoms with E-state index in [1.807, 2.05) is 18.2 Å². The van der Waals surface area contributed by atoms with Gasteiger partial charge in [-0.15, -0.1) is 0 Å². The van der Waals surface area contributed by atoms with Crippen molar-refractivity contribution in [3.05, 3.63) is 23.8 Å². The molecular formula is C16H25NO2. The maximum absolute atomic E-state index is 6.42. The van der Waals surface area contributed by atoms with Gasteiger partial charge in [-0.25, -0.2) is 0 Å². The molecule has 3 nitrogen and oxygen atoms in total. The number of nitrogens with two attached hydrogens (primary N) is 1. The predicted molar refractivity (Wildman–Crippen MR) is 77.6 cm³/mol. The third-order valence-corrected chi connectivity index (χ3v) is 3.33. The van der Waals surface area contributed by atoms with Gasteiger partial charge in [-0.1, -0.05) is 13.8 Å². The molecule has 0 bridgehead atoms. The summed E-state index contributed by atoms with van der Waals surface area (Å²) >= 11 is 0. The van der Waals surface area contributed by atoms with Crippen molar-refractivity contribution in [1.82, 2.24) is 0 Å². The SMILES string of the molecule is CC(C)COc1ccc2c(c1)OC(C)(C)CC2(C)N. The van der Waals surface area contributed by atoms with E-state index in [9.17, 15) is 0 Å². The lowest BCUT2D eigenvalue weighted by molar-refractivity contribution is 0.0498. The number of hydrogen-bond donors (Lipinski definition) is 1. The molecule has 0 saturated carbocycles. The summed E-state index contributed by atoms with van der Waals surface area (Å²) in [6, 6.07) is 5.97. The topological polar surface area (TPSA) is 44.5 Å². The Kier molecular flexibility index (Phi) is 3.52. The minimum atomic E-state index is -0.354. The maximum atomic E-state index is 6.42. The standard InChI is InChI=1S/C16H25NO2/c1-11(2)9-18-12-6-7-13-14(8-12)19-15(3,4)10-16(13,5)17/h6-8,11H,9-10,17H2,1-5H3. The molecule has 0 spiro atoms. The average Bonchev–Trinajstić information content (AvgIpc) is 2.22. The van der Waals surface area contributed by atoms with Gasteiger partial charge in [0.05, 0.1) is 6.61 Å². The van der Waals surface area contributed by atoms with E-state index >= 15 is 0 Å². The van der Waals surface area contributed by atoms with Crippen molar-refractivity contribution in [2.45, 2.75) is 52.2 Å². The molecule has 1 aliphatic rings. The molecule has 2 N–H and O–H groups in total. The molecule has 1 heterocycles. The van der Waals surface area contributed by atoms with Gasteiger partial charge >= 0.3 is 0 Å². The van der Waals surface area contributed by atoms with E-state index < -0.39 is 0 Å². The first kappa shape index (κ1) is 14.2. The Hall–Kier alpha value is -1.22. The molecule has 0 fully saturated rings. The molecule has 1 aromatic carbocycles. The molecule has 0 radical (unpaired) electrons. The summed E-state index contributed by atoms with van der Waals surface area (Å²) in [5.74, 6) is 2.21. The van der Waals surface area contributed by atoms with Crippen LogP contribution in [0.2, 0.25) is 0 Å². The van der Waals surface area contributed by atoms with Crippen molar-refractivity contribution in [1.29, 1.82) is 0 Å². The van der Waals surface area contributed by atoms with E-state index in [-0.39, 0.29) is 11.1 Å². The van der Waals surface area contributed by atoms with Crippen molar-refractivity contribution in [3.63, 3.8) is 0 Å². The molecule has 1 aromatic rings. The molecule has 1 aliphatic heterocycles. The van der Waals surface area contributed by atoms with Crippen LogP contribution in [-0.4, -0.2) is 12.2 Å². The second kappa shape index (κ2) is 4.71. The highest BCUT2D eigenvalue weighted by Gasteiger charge is 2.39. The zero-order chi connectivity index (χ0) is 14.3. The maximum Gasteiger partial charge on any atom is 0.128 e. The molecule has 1 atom stereocenters. The number of ether oxygens (including phenoxy) is 2. The predicted octanol–water partition coefficient (Wildman–Crippen LogP) is 3.46. The van der Waals surface area contributed by atoms with E-state index in [0.717, 1.165) is 23.5 Å². The minimum absolute atomic E-state index is 0.243. The van der Waals surface area contributed by atoms with Gasteiger partial charge in [0.15, 0.2) is 0 Å². The van der Waals surface area contributed by atoms with Crippen LogP contribution >= 0.6 is 0 Å². The summed E-state index contributed by atoms with van der Waals surface area (Å²) in [5.41, 5.74) is 6.88. The fourth-order valence-electron chi connectivity index (χ4n) is 2.72. The van der Waals surface area contributed by atoms with E-state index in [2.05, 4.69) is 34.6 Å². The van der Waals surface area contributed by atoms with Crippen LogP contribution in [0.4, 0.5) is 0 Å². The Balaban J connectivity index is 2.29. The second-order valence-electron chi connectivity index (χ2n) is 6.82. The number of fused-ring (bicyclic) bond motifs is 1. The Bertz CT molecular complexity index is 464. The van der Waals surface area contributed by atoms with Crippen LogP contribution < -0.4 is 15.2 Å². The quantitative estimate of drug-likeness (QED) is 0.908. The van der Waals surface area contributed by atoms with Crippen LogP contribution in [0.1, 0.15) is 46.6 Å². The highest BCUT2D eigenvalue weighted by molar-refractivity contribution is 5.46. The fraction of sp³-hybridized carbons (Fsp3) is 0.625. The summed E-state index contributed by atoms with van der Waals surface area (Å²) in [6.45, 7) is 11.2. The van der Waals surface area contributed by atoms with Gasteiger partial charge in [0, 0.05) is 23.6 Å². The number of benzene rings is 1. The lowest BCUT2D eigenvalue weighted by Gasteiger charge is -2.42. The molecule has 1 unspecified atom stereocenters. The summed E-state index contributed by atoms with van der Waals surface area (Å²) in [5, 5.41) is 0. The van der Waals surface area contributed by atoms with Gasteiger partial charge in [-0.3, -0.25) is 0 Å². The van der Waals surface area contributed by atoms with Gasteiger partial charge < -0.3 is 15.2 Å². The lowest BCUT2D eigenvalue weighted by atomic mass is 9.80. The third kappa shape index (κ3) is 3.21. The zero-order valence-electron chi connectivity index (χ0n) is 12.6. The van der Waals surface area contributed by atoms with Crippen LogP contribution in [0.25, 0.3) is 0 Å². The smallest absolute Gasteiger partial charge is 0.128 e. The number of hydrogen-bond acceptors (Lipinski definition) is 3. The minimum Gasteiger partial charge on any atom is -0.493 e. The van der Waals surface area contributed by atoms with Crippen LogP contribution in [-0.2, 0) is 5.54 Å². The molecule has 3 heteroatoms. The Morgan fingerprint density at radius 2 is 2.00 bits per heavy atom. The molecule has 0 amide bonds. The monoisotopic (exact) mass is 263 g/mol. The first-order valence-electron chi connectivity index (χ1n) is 6.95. The van der Waals surface area contributed by atoms with Crippen molar-refractivity contribution < 1.29 is 9.47 Å². The normalized spacial score (nSPS) is 24.8. The van der Waals surface area contributed by atoms with Crippen LogP contribution in [0, 0.1) is 5.92 Å². The van der Waals surface area contributed by atoms with Gasteiger partial charge in [-0.2, -0.15) is 0 Å². The molecule has 0 saturated heterocycles. The average molecular weight is 263 g/mol. The molecule has 19 heavy (non-hydrogen) atoms. The van der Waals surface area contributed by atoms with Gasteiger partial charge in [0.2, 0.25) is 0 Å². The van der Waals surface area contributed by atoms with E-state index in [4.69, 9.17) is 15.2 Å². The van der Waals surface area contributed by atoms with Crippen molar-refractivity contribution in [2.75, 3.05) is 6.61 Å². The van der Waals surface area contributed by atoms with Crippen LogP contribution in [0.3, 0.4) is 0 Å². The Morgan fingerprint density at radius 3 is 2.63 bits per heavy atom. The zero-order valence-corrected chi connectivity index (χ0v) is 12.6. The first-order valence-corrected chi connectivity index (χ1v) is 6.95. The van der Waals surface area contributed by atoms with Crippen molar-refractivity contribution >= 4 is 0 Å². The van der Waals surface area contributed by atoms with Gasteiger partial charge in [-0.05, 0) is 38.8 Å². The highest BCUT2D eigenvalue weighted by Crippen LogP contribution is 2.43. The number of rotatable bonds is 3. The van der Waals surface area contributed by atoms with Crippen molar-refractivity contribution in [2.24, 2.45) is 11.7 Å². The Morgan fingerprint density at radius 1 is 1.32 bits per heavy atom. The first-order chi connectivity index (χ1) is 8.70. The highest BCUT2D eigenvalue weighted by atomic mass is 16.5. The Labute approximate surface area is 116 Å². The molecule has 0 aliphatic carbocycles. The van der Waals surface area contributed by atoms with Crippen molar-refractivity contribution in [3.8, 4) is 11.5 Å². The largest absolute Gasteiger partial charge is 0.493 e. The lowest BCUT2D eigenvalue weighted by Crippen LogP contribution is -2.47. The van der Waals surface area contributed by atoms with E-state index in [1.54, 1.807) is 0 Å². The molecule has 0 aromatic heterocycles. The molecule has 106 valence electrons. The third-order valence-electron chi connectivity index (χ3n) is 3.33. The summed E-state index contributed by atoms with van der Waals surface area (Å²) < 4.78 is 11.8. The summed E-state index contributed by atoms with van der Waals surface area (Å²) in [7, 11) is 0. The summed E-state index contributed by atoms with van der Waals surface area (Å²) in [6.07, 6.45) is 0.805. The van der Waals surface area contributed by atoms with Crippen LogP contribution in [0.15, 0.2) is 18.2 Å². The van der Waals surface area contributed by atoms with Gasteiger partial charge in [0.1, 0.15) is 17.1 Å². The van der Waals surface area contributed by atoms with Gasteiger partial charge in [0.25, 0.3) is 0 Å². The van der Waals surface area contributed by atoms with Crippen LogP contribution in [0.5, 0.6) is 11.5 Å². The second-order valence-corrected chi connectivity index (χ2v) is 6.82. The molecule has 2 rings (SSSR count).